The van der Waals surface area contributed by atoms with Gasteiger partial charge in [-0.1, -0.05) is 25.0 Å². The first-order valence-electron chi connectivity index (χ1n) is 7.40. The highest BCUT2D eigenvalue weighted by molar-refractivity contribution is 7.98. The topological polar surface area (TPSA) is 21.3 Å². The maximum absolute atomic E-state index is 12.2. The first-order valence-corrected chi connectivity index (χ1v) is 8.80. The molecule has 1 N–H and O–H groups in total. The molecule has 0 aliphatic carbocycles. The highest BCUT2D eigenvalue weighted by atomic mass is 32.2. The second-order valence-corrected chi connectivity index (χ2v) is 6.02. The van der Waals surface area contributed by atoms with Gasteiger partial charge in [0.15, 0.2) is 0 Å². The Morgan fingerprint density at radius 3 is 2.67 bits per heavy atom. The van der Waals surface area contributed by atoms with Crippen molar-refractivity contribution < 1.29 is 13.5 Å². The molecule has 1 rings (SSSR count). The fraction of sp³-hybridized carbons (Fsp3) is 0.625. The maximum Gasteiger partial charge on any atom is 0.387 e. The van der Waals surface area contributed by atoms with Gasteiger partial charge in [-0.25, -0.2) is 0 Å². The first kappa shape index (κ1) is 18.2. The summed E-state index contributed by atoms with van der Waals surface area (Å²) < 4.78 is 28.8. The zero-order valence-electron chi connectivity index (χ0n) is 12.8. The predicted molar refractivity (Wildman–Crippen MR) is 86.3 cm³/mol. The van der Waals surface area contributed by atoms with E-state index in [1.165, 1.54) is 25.0 Å². The molecular formula is C16H25F2NOS. The van der Waals surface area contributed by atoms with Crippen molar-refractivity contribution in [1.82, 2.24) is 5.32 Å². The molecule has 0 aromatic heterocycles. The SMILES string of the molecule is CSCCCCCCNC(C)c1cccc(OC(F)F)c1. The summed E-state index contributed by atoms with van der Waals surface area (Å²) in [7, 11) is 0. The van der Waals surface area contributed by atoms with Crippen molar-refractivity contribution in [3.05, 3.63) is 29.8 Å². The van der Waals surface area contributed by atoms with E-state index in [9.17, 15) is 8.78 Å². The van der Waals surface area contributed by atoms with Gasteiger partial charge in [-0.15, -0.1) is 0 Å². The van der Waals surface area contributed by atoms with Crippen molar-refractivity contribution in [2.45, 2.75) is 45.3 Å². The highest BCUT2D eigenvalue weighted by Crippen LogP contribution is 2.20. The molecule has 1 atom stereocenters. The van der Waals surface area contributed by atoms with Gasteiger partial charge >= 0.3 is 6.61 Å². The summed E-state index contributed by atoms with van der Waals surface area (Å²) >= 11 is 1.89. The molecule has 1 unspecified atom stereocenters. The van der Waals surface area contributed by atoms with E-state index in [2.05, 4.69) is 16.3 Å². The molecule has 0 amide bonds. The smallest absolute Gasteiger partial charge is 0.387 e. The third-order valence-corrected chi connectivity index (χ3v) is 4.01. The fourth-order valence-corrected chi connectivity index (χ4v) is 2.61. The quantitative estimate of drug-likeness (QED) is 0.589. The average Bonchev–Trinajstić information content (AvgIpc) is 2.45. The number of nitrogens with one attached hydrogen (secondary N) is 1. The van der Waals surface area contributed by atoms with Crippen LogP contribution < -0.4 is 10.1 Å². The Kier molecular flexibility index (Phi) is 9.42. The van der Waals surface area contributed by atoms with Crippen LogP contribution in [-0.2, 0) is 0 Å². The van der Waals surface area contributed by atoms with Crippen molar-refractivity contribution in [1.29, 1.82) is 0 Å². The van der Waals surface area contributed by atoms with E-state index in [4.69, 9.17) is 0 Å². The number of hydrogen-bond acceptors (Lipinski definition) is 3. The zero-order chi connectivity index (χ0) is 15.5. The lowest BCUT2D eigenvalue weighted by Gasteiger charge is -2.15. The molecule has 0 spiro atoms. The van der Waals surface area contributed by atoms with Gasteiger partial charge in [-0.3, -0.25) is 0 Å². The van der Waals surface area contributed by atoms with Gasteiger partial charge in [0, 0.05) is 6.04 Å². The Morgan fingerprint density at radius 1 is 1.19 bits per heavy atom. The van der Waals surface area contributed by atoms with Crippen molar-refractivity contribution >= 4 is 11.8 Å². The molecule has 0 saturated carbocycles. The summed E-state index contributed by atoms with van der Waals surface area (Å²) in [5.41, 5.74) is 0.968. The number of ether oxygens (including phenoxy) is 1. The van der Waals surface area contributed by atoms with E-state index < -0.39 is 6.61 Å². The molecule has 0 aliphatic rings. The zero-order valence-corrected chi connectivity index (χ0v) is 13.6. The summed E-state index contributed by atoms with van der Waals surface area (Å²) in [4.78, 5) is 0. The molecule has 2 nitrogen and oxygen atoms in total. The van der Waals surface area contributed by atoms with Crippen molar-refractivity contribution in [2.24, 2.45) is 0 Å². The molecular weight excluding hydrogens is 292 g/mol. The molecule has 0 bridgehead atoms. The lowest BCUT2D eigenvalue weighted by Crippen LogP contribution is -2.19. The monoisotopic (exact) mass is 317 g/mol. The second kappa shape index (κ2) is 10.9. The van der Waals surface area contributed by atoms with Crippen LogP contribution in [0.25, 0.3) is 0 Å². The summed E-state index contributed by atoms with van der Waals surface area (Å²) in [5.74, 6) is 1.45. The van der Waals surface area contributed by atoms with Crippen LogP contribution in [0.15, 0.2) is 24.3 Å². The number of hydrogen-bond donors (Lipinski definition) is 1. The fourth-order valence-electron chi connectivity index (χ4n) is 2.12. The second-order valence-electron chi connectivity index (χ2n) is 5.03. The Hall–Kier alpha value is -0.810. The minimum atomic E-state index is -2.77. The van der Waals surface area contributed by atoms with Crippen LogP contribution in [0.5, 0.6) is 5.75 Å². The Labute approximate surface area is 130 Å². The van der Waals surface area contributed by atoms with Crippen molar-refractivity contribution in [3.63, 3.8) is 0 Å². The Morgan fingerprint density at radius 2 is 1.95 bits per heavy atom. The van der Waals surface area contributed by atoms with E-state index in [0.717, 1.165) is 18.5 Å². The minimum Gasteiger partial charge on any atom is -0.435 e. The van der Waals surface area contributed by atoms with Crippen LogP contribution >= 0.6 is 11.8 Å². The third kappa shape index (κ3) is 8.27. The van der Waals surface area contributed by atoms with Gasteiger partial charge in [0.2, 0.25) is 0 Å². The van der Waals surface area contributed by atoms with E-state index >= 15 is 0 Å². The number of unbranched alkanes of at least 4 members (excludes halogenated alkanes) is 3. The maximum atomic E-state index is 12.2. The molecule has 1 aromatic carbocycles. The Balaban J connectivity index is 2.26. The average molecular weight is 317 g/mol. The molecule has 0 radical (unpaired) electrons. The minimum absolute atomic E-state index is 0.136. The number of alkyl halides is 2. The number of benzene rings is 1. The van der Waals surface area contributed by atoms with Crippen LogP contribution in [-0.4, -0.2) is 25.2 Å². The molecule has 0 saturated heterocycles. The third-order valence-electron chi connectivity index (χ3n) is 3.31. The van der Waals surface area contributed by atoms with Gasteiger partial charge in [-0.2, -0.15) is 20.5 Å². The largest absolute Gasteiger partial charge is 0.435 e. The van der Waals surface area contributed by atoms with E-state index in [1.54, 1.807) is 18.2 Å². The summed E-state index contributed by atoms with van der Waals surface area (Å²) in [6.07, 6.45) is 7.06. The van der Waals surface area contributed by atoms with Gasteiger partial charge < -0.3 is 10.1 Å². The van der Waals surface area contributed by atoms with Crippen molar-refractivity contribution in [2.75, 3.05) is 18.6 Å². The molecule has 0 heterocycles. The van der Waals surface area contributed by atoms with Gasteiger partial charge in [0.05, 0.1) is 0 Å². The summed E-state index contributed by atoms with van der Waals surface area (Å²) in [5, 5.41) is 3.42. The van der Waals surface area contributed by atoms with Crippen molar-refractivity contribution in [3.8, 4) is 5.75 Å². The van der Waals surface area contributed by atoms with Crippen LogP contribution in [0.4, 0.5) is 8.78 Å². The van der Waals surface area contributed by atoms with Crippen LogP contribution in [0.1, 0.15) is 44.2 Å². The summed E-state index contributed by atoms with van der Waals surface area (Å²) in [6, 6.07) is 7.02. The molecule has 0 fully saturated rings. The van der Waals surface area contributed by atoms with Crippen LogP contribution in [0.2, 0.25) is 0 Å². The van der Waals surface area contributed by atoms with Crippen LogP contribution in [0, 0.1) is 0 Å². The molecule has 120 valence electrons. The Bertz CT molecular complexity index is 390. The lowest BCUT2D eigenvalue weighted by atomic mass is 10.1. The van der Waals surface area contributed by atoms with E-state index in [1.807, 2.05) is 24.8 Å². The van der Waals surface area contributed by atoms with E-state index in [0.29, 0.717) is 0 Å². The predicted octanol–water partition coefficient (Wildman–Crippen LogP) is 4.86. The number of halogens is 2. The van der Waals surface area contributed by atoms with Gasteiger partial charge in [0.1, 0.15) is 5.75 Å². The normalized spacial score (nSPS) is 12.6. The highest BCUT2D eigenvalue weighted by Gasteiger charge is 2.08. The van der Waals surface area contributed by atoms with Crippen LogP contribution in [0.3, 0.4) is 0 Å². The molecule has 1 aromatic rings. The summed E-state index contributed by atoms with van der Waals surface area (Å²) in [6.45, 7) is 0.208. The van der Waals surface area contributed by atoms with Gasteiger partial charge in [-0.05, 0) is 56.0 Å². The van der Waals surface area contributed by atoms with Gasteiger partial charge in [0.25, 0.3) is 0 Å². The molecule has 21 heavy (non-hydrogen) atoms. The standard InChI is InChI=1S/C16H25F2NOS/c1-13(19-10-5-3-4-6-11-21-2)14-8-7-9-15(12-14)20-16(17)18/h7-9,12-13,16,19H,3-6,10-11H2,1-2H3. The number of thioether (sulfide) groups is 1. The lowest BCUT2D eigenvalue weighted by molar-refractivity contribution is -0.0499. The molecule has 5 heteroatoms. The first-order chi connectivity index (χ1) is 10.1. The number of rotatable bonds is 11. The molecule has 0 aliphatic heterocycles. The van der Waals surface area contributed by atoms with E-state index in [-0.39, 0.29) is 11.8 Å².